The first-order chi connectivity index (χ1) is 12.6. The number of likely N-dealkylation sites (tertiary alicyclic amines) is 1. The van der Waals surface area contributed by atoms with Crippen LogP contribution in [0.4, 0.5) is 0 Å². The van der Waals surface area contributed by atoms with Gasteiger partial charge in [-0.2, -0.15) is 5.10 Å². The molecule has 0 spiro atoms. The minimum atomic E-state index is 0.0799. The predicted molar refractivity (Wildman–Crippen MR) is 100 cm³/mol. The van der Waals surface area contributed by atoms with Gasteiger partial charge < -0.3 is 4.90 Å². The second-order valence-electron chi connectivity index (χ2n) is 6.83. The molecule has 4 rings (SSSR count). The highest BCUT2D eigenvalue weighted by atomic mass is 16.2. The van der Waals surface area contributed by atoms with Crippen molar-refractivity contribution in [3.8, 4) is 5.69 Å². The van der Waals surface area contributed by atoms with Gasteiger partial charge in [-0.25, -0.2) is 4.68 Å². The molecule has 1 amide bonds. The Morgan fingerprint density at radius 2 is 1.96 bits per heavy atom. The molecule has 3 heterocycles. The summed E-state index contributed by atoms with van der Waals surface area (Å²) in [6, 6.07) is 13.9. The number of benzene rings is 1. The highest BCUT2D eigenvalue weighted by molar-refractivity contribution is 5.94. The monoisotopic (exact) mass is 346 g/mol. The van der Waals surface area contributed by atoms with Crippen LogP contribution in [0.1, 0.15) is 46.2 Å². The van der Waals surface area contributed by atoms with Crippen molar-refractivity contribution < 1.29 is 4.79 Å². The highest BCUT2D eigenvalue weighted by Crippen LogP contribution is 2.32. The van der Waals surface area contributed by atoms with E-state index in [0.717, 1.165) is 42.0 Å². The molecular formula is C21H22N4O. The fraction of sp³-hybridized carbons (Fsp3) is 0.286. The number of aromatic nitrogens is 3. The molecule has 26 heavy (non-hydrogen) atoms. The molecule has 0 unspecified atom stereocenters. The Kier molecular flexibility index (Phi) is 4.29. The smallest absolute Gasteiger partial charge is 0.254 e. The lowest BCUT2D eigenvalue weighted by molar-refractivity contribution is 0.0735. The Morgan fingerprint density at radius 3 is 2.62 bits per heavy atom. The number of carbonyl (C=O) groups excluding carboxylic acids is 1. The summed E-state index contributed by atoms with van der Waals surface area (Å²) < 4.78 is 1.90. The maximum Gasteiger partial charge on any atom is 0.254 e. The summed E-state index contributed by atoms with van der Waals surface area (Å²) in [5.41, 5.74) is 4.86. The number of hydrogen-bond acceptors (Lipinski definition) is 3. The zero-order chi connectivity index (χ0) is 18.1. The topological polar surface area (TPSA) is 51.0 Å². The van der Waals surface area contributed by atoms with Crippen LogP contribution in [-0.4, -0.2) is 32.1 Å². The Balaban J connectivity index is 1.57. The normalized spacial score (nSPS) is 16.8. The number of amides is 1. The van der Waals surface area contributed by atoms with Gasteiger partial charge in [-0.3, -0.25) is 9.78 Å². The molecule has 132 valence electrons. The first-order valence-electron chi connectivity index (χ1n) is 8.98. The first kappa shape index (κ1) is 16.5. The Hall–Kier alpha value is -2.95. The van der Waals surface area contributed by atoms with Crippen molar-refractivity contribution >= 4 is 5.91 Å². The van der Waals surface area contributed by atoms with E-state index in [2.05, 4.69) is 16.1 Å². The van der Waals surface area contributed by atoms with Crippen LogP contribution in [0.2, 0.25) is 0 Å². The van der Waals surface area contributed by atoms with Crippen LogP contribution < -0.4 is 0 Å². The van der Waals surface area contributed by atoms with Gasteiger partial charge in [0.1, 0.15) is 0 Å². The lowest BCUT2D eigenvalue weighted by atomic mass is 10.1. The average molecular weight is 346 g/mol. The van der Waals surface area contributed by atoms with Crippen LogP contribution in [-0.2, 0) is 0 Å². The Bertz CT molecular complexity index is 915. The first-order valence-corrected chi connectivity index (χ1v) is 8.98. The average Bonchev–Trinajstić information content (AvgIpc) is 3.28. The molecule has 1 aromatic carbocycles. The van der Waals surface area contributed by atoms with E-state index in [4.69, 9.17) is 0 Å². The van der Waals surface area contributed by atoms with E-state index in [-0.39, 0.29) is 11.9 Å². The molecule has 0 bridgehead atoms. The van der Waals surface area contributed by atoms with Crippen molar-refractivity contribution in [2.24, 2.45) is 0 Å². The van der Waals surface area contributed by atoms with Crippen LogP contribution in [0.5, 0.6) is 0 Å². The van der Waals surface area contributed by atoms with E-state index in [1.54, 1.807) is 6.20 Å². The molecule has 1 aliphatic rings. The third-order valence-corrected chi connectivity index (χ3v) is 4.95. The lowest BCUT2D eigenvalue weighted by Gasteiger charge is -2.25. The molecule has 3 aromatic rings. The molecule has 5 nitrogen and oxygen atoms in total. The van der Waals surface area contributed by atoms with Crippen LogP contribution in [0.15, 0.2) is 54.9 Å². The minimum Gasteiger partial charge on any atom is -0.332 e. The SMILES string of the molecule is Cc1cc(C)n(-c2ccc(C(=O)N3CCC[C@@H]3c3cccnc3)cc2)n1. The van der Waals surface area contributed by atoms with E-state index in [1.165, 1.54) is 0 Å². The van der Waals surface area contributed by atoms with Crippen molar-refractivity contribution in [1.29, 1.82) is 0 Å². The minimum absolute atomic E-state index is 0.0799. The summed E-state index contributed by atoms with van der Waals surface area (Å²) in [6.07, 6.45) is 5.64. The van der Waals surface area contributed by atoms with E-state index in [1.807, 2.05) is 66.0 Å². The van der Waals surface area contributed by atoms with Crippen LogP contribution >= 0.6 is 0 Å². The zero-order valence-electron chi connectivity index (χ0n) is 15.1. The van der Waals surface area contributed by atoms with Crippen LogP contribution in [0.3, 0.4) is 0 Å². The quantitative estimate of drug-likeness (QED) is 0.723. The summed E-state index contributed by atoms with van der Waals surface area (Å²) >= 11 is 0. The summed E-state index contributed by atoms with van der Waals surface area (Å²) in [5.74, 6) is 0.0799. The van der Waals surface area contributed by atoms with Gasteiger partial charge in [-0.15, -0.1) is 0 Å². The Morgan fingerprint density at radius 1 is 1.15 bits per heavy atom. The van der Waals surface area contributed by atoms with E-state index >= 15 is 0 Å². The van der Waals surface area contributed by atoms with Crippen LogP contribution in [0, 0.1) is 13.8 Å². The van der Waals surface area contributed by atoms with Crippen molar-refractivity contribution in [3.63, 3.8) is 0 Å². The van der Waals surface area contributed by atoms with Crippen molar-refractivity contribution in [3.05, 3.63) is 77.4 Å². The molecular weight excluding hydrogens is 324 g/mol. The van der Waals surface area contributed by atoms with Crippen molar-refractivity contribution in [2.75, 3.05) is 6.54 Å². The second kappa shape index (κ2) is 6.75. The lowest BCUT2D eigenvalue weighted by Crippen LogP contribution is -2.30. The third-order valence-electron chi connectivity index (χ3n) is 4.95. The maximum atomic E-state index is 13.0. The van der Waals surface area contributed by atoms with Gasteiger partial charge in [-0.05, 0) is 68.7 Å². The highest BCUT2D eigenvalue weighted by Gasteiger charge is 2.30. The summed E-state index contributed by atoms with van der Waals surface area (Å²) in [5, 5.41) is 4.50. The molecule has 5 heteroatoms. The molecule has 1 atom stereocenters. The fourth-order valence-electron chi connectivity index (χ4n) is 3.73. The predicted octanol–water partition coefficient (Wildman–Crippen LogP) is 3.86. The van der Waals surface area contributed by atoms with Gasteiger partial charge in [0.05, 0.1) is 17.4 Å². The largest absolute Gasteiger partial charge is 0.332 e. The van der Waals surface area contributed by atoms with Gasteiger partial charge in [0, 0.05) is 30.2 Å². The number of carbonyl (C=O) groups is 1. The van der Waals surface area contributed by atoms with E-state index in [9.17, 15) is 4.79 Å². The zero-order valence-corrected chi connectivity index (χ0v) is 15.1. The summed E-state index contributed by atoms with van der Waals surface area (Å²) in [4.78, 5) is 19.2. The molecule has 1 saturated heterocycles. The number of aryl methyl sites for hydroxylation is 2. The number of pyridine rings is 1. The van der Waals surface area contributed by atoms with Crippen molar-refractivity contribution in [1.82, 2.24) is 19.7 Å². The standard InChI is InChI=1S/C21H22N4O/c1-15-13-16(2)25(23-15)19-9-7-17(8-10-19)21(26)24-12-4-6-20(24)18-5-3-11-22-14-18/h3,5,7-11,13-14,20H,4,6,12H2,1-2H3/t20-/m1/s1. The van der Waals surface area contributed by atoms with E-state index < -0.39 is 0 Å². The molecule has 2 aromatic heterocycles. The van der Waals surface area contributed by atoms with Gasteiger partial charge in [0.2, 0.25) is 0 Å². The molecule has 0 N–H and O–H groups in total. The third kappa shape index (κ3) is 3.01. The molecule has 0 radical (unpaired) electrons. The molecule has 0 aliphatic carbocycles. The van der Waals surface area contributed by atoms with Crippen LogP contribution in [0.25, 0.3) is 5.69 Å². The summed E-state index contributed by atoms with van der Waals surface area (Å²) in [7, 11) is 0. The van der Waals surface area contributed by atoms with Gasteiger partial charge in [0.25, 0.3) is 5.91 Å². The molecule has 1 fully saturated rings. The molecule has 1 aliphatic heterocycles. The van der Waals surface area contributed by atoms with E-state index in [0.29, 0.717) is 5.56 Å². The number of rotatable bonds is 3. The van der Waals surface area contributed by atoms with Gasteiger partial charge in [0.15, 0.2) is 0 Å². The molecule has 0 saturated carbocycles. The number of hydrogen-bond donors (Lipinski definition) is 0. The Labute approximate surface area is 153 Å². The summed E-state index contributed by atoms with van der Waals surface area (Å²) in [6.45, 7) is 4.80. The maximum absolute atomic E-state index is 13.0. The number of nitrogens with zero attached hydrogens (tertiary/aromatic N) is 4. The van der Waals surface area contributed by atoms with Gasteiger partial charge in [-0.1, -0.05) is 6.07 Å². The fourth-order valence-corrected chi connectivity index (χ4v) is 3.73. The van der Waals surface area contributed by atoms with Gasteiger partial charge >= 0.3 is 0 Å². The van der Waals surface area contributed by atoms with Crippen molar-refractivity contribution in [2.45, 2.75) is 32.7 Å². The second-order valence-corrected chi connectivity index (χ2v) is 6.83.